The number of hydrogen-bond acceptors (Lipinski definition) is 5. The molecule has 0 bridgehead atoms. The number of carbonyl (C=O) groups is 1. The number of H-pyrrole nitrogens is 1. The van der Waals surface area contributed by atoms with Crippen molar-refractivity contribution in [2.75, 3.05) is 25.0 Å². The van der Waals surface area contributed by atoms with Crippen LogP contribution in [-0.4, -0.2) is 46.4 Å². The molecule has 140 valence electrons. The van der Waals surface area contributed by atoms with E-state index < -0.39 is 5.60 Å². The van der Waals surface area contributed by atoms with Gasteiger partial charge in [0.15, 0.2) is 5.82 Å². The normalized spacial score (nSPS) is 15.9. The quantitative estimate of drug-likeness (QED) is 0.881. The summed E-state index contributed by atoms with van der Waals surface area (Å²) in [5.74, 6) is 1.14. The minimum absolute atomic E-state index is 0.184. The van der Waals surface area contributed by atoms with E-state index in [9.17, 15) is 9.59 Å². The summed E-state index contributed by atoms with van der Waals surface area (Å²) in [5.41, 5.74) is -0.649. The molecule has 0 spiro atoms. The van der Waals surface area contributed by atoms with Crippen molar-refractivity contribution in [2.24, 2.45) is 5.92 Å². The number of aromatic nitrogens is 2. The van der Waals surface area contributed by atoms with E-state index in [0.717, 1.165) is 24.8 Å². The highest BCUT2D eigenvalue weighted by Gasteiger charge is 2.26. The molecular weight excluding hydrogens is 332 g/mol. The zero-order valence-corrected chi connectivity index (χ0v) is 15.5. The molecule has 3 rings (SSSR count). The second-order valence-corrected chi connectivity index (χ2v) is 7.74. The number of nitrogens with one attached hydrogen (secondary N) is 2. The van der Waals surface area contributed by atoms with E-state index in [2.05, 4.69) is 15.5 Å². The van der Waals surface area contributed by atoms with Crippen molar-refractivity contribution in [1.82, 2.24) is 15.1 Å². The Morgan fingerprint density at radius 3 is 2.58 bits per heavy atom. The molecule has 2 aromatic rings. The number of benzene rings is 1. The van der Waals surface area contributed by atoms with E-state index in [1.807, 2.05) is 39.0 Å². The van der Waals surface area contributed by atoms with Gasteiger partial charge < -0.3 is 15.0 Å². The fraction of sp³-hybridized carbons (Fsp3) is 0.526. The number of likely N-dealkylation sites (tertiary alicyclic amines) is 1. The first-order valence-electron chi connectivity index (χ1n) is 9.03. The van der Waals surface area contributed by atoms with E-state index in [1.54, 1.807) is 11.0 Å². The summed E-state index contributed by atoms with van der Waals surface area (Å²) in [5, 5.41) is 11.5. The number of amides is 1. The minimum Gasteiger partial charge on any atom is -0.444 e. The molecule has 0 radical (unpaired) electrons. The summed E-state index contributed by atoms with van der Waals surface area (Å²) in [4.78, 5) is 25.7. The van der Waals surface area contributed by atoms with Crippen molar-refractivity contribution >= 4 is 22.7 Å². The number of fused-ring (bicyclic) bond motifs is 1. The number of carbonyl (C=O) groups excluding carboxylic acids is 1. The van der Waals surface area contributed by atoms with Crippen molar-refractivity contribution < 1.29 is 9.53 Å². The molecule has 1 amide bonds. The second-order valence-electron chi connectivity index (χ2n) is 7.74. The van der Waals surface area contributed by atoms with Crippen LogP contribution in [0.4, 0.5) is 10.6 Å². The lowest BCUT2D eigenvalue weighted by Crippen LogP contribution is -2.42. The van der Waals surface area contributed by atoms with Gasteiger partial charge in [0, 0.05) is 25.0 Å². The summed E-state index contributed by atoms with van der Waals surface area (Å²) < 4.78 is 5.43. The number of ether oxygens (including phenoxy) is 1. The van der Waals surface area contributed by atoms with Crippen LogP contribution in [0.3, 0.4) is 0 Å². The van der Waals surface area contributed by atoms with E-state index in [4.69, 9.17) is 4.74 Å². The zero-order chi connectivity index (χ0) is 18.7. The molecule has 2 N–H and O–H groups in total. The molecule has 1 aliphatic heterocycles. The van der Waals surface area contributed by atoms with Crippen LogP contribution in [0.2, 0.25) is 0 Å². The Bertz CT molecular complexity index is 833. The predicted octanol–water partition coefficient (Wildman–Crippen LogP) is 2.98. The standard InChI is InChI=1S/C19H26N4O3/c1-19(2,3)26-18(25)23-10-8-13(9-11-23)12-20-16-14-6-4-5-7-15(14)17(24)22-21-16/h4-7,13H,8-12H2,1-3H3,(H,20,21)(H,22,24). The van der Waals surface area contributed by atoms with E-state index >= 15 is 0 Å². The molecule has 0 aliphatic carbocycles. The van der Waals surface area contributed by atoms with Gasteiger partial charge in [-0.25, -0.2) is 9.89 Å². The van der Waals surface area contributed by atoms with Crippen molar-refractivity contribution in [2.45, 2.75) is 39.2 Å². The van der Waals surface area contributed by atoms with Gasteiger partial charge in [-0.2, -0.15) is 5.10 Å². The Balaban J connectivity index is 1.56. The van der Waals surface area contributed by atoms with Crippen molar-refractivity contribution in [3.8, 4) is 0 Å². The fourth-order valence-electron chi connectivity index (χ4n) is 3.14. The van der Waals surface area contributed by atoms with Crippen LogP contribution < -0.4 is 10.9 Å². The summed E-state index contributed by atoms with van der Waals surface area (Å²) in [6.07, 6.45) is 1.58. The number of rotatable bonds is 3. The largest absolute Gasteiger partial charge is 0.444 e. The maximum Gasteiger partial charge on any atom is 0.410 e. The third-order valence-electron chi connectivity index (χ3n) is 4.52. The second kappa shape index (κ2) is 7.35. The predicted molar refractivity (Wildman–Crippen MR) is 101 cm³/mol. The van der Waals surface area contributed by atoms with Gasteiger partial charge in [0.2, 0.25) is 0 Å². The van der Waals surface area contributed by atoms with Gasteiger partial charge in [-0.3, -0.25) is 4.79 Å². The van der Waals surface area contributed by atoms with Gasteiger partial charge in [0.05, 0.1) is 5.39 Å². The highest BCUT2D eigenvalue weighted by atomic mass is 16.6. The first-order valence-corrected chi connectivity index (χ1v) is 9.03. The smallest absolute Gasteiger partial charge is 0.410 e. The van der Waals surface area contributed by atoms with Crippen LogP contribution in [0.5, 0.6) is 0 Å². The molecule has 0 atom stereocenters. The van der Waals surface area contributed by atoms with Gasteiger partial charge in [0.25, 0.3) is 5.56 Å². The first-order chi connectivity index (χ1) is 12.3. The molecule has 1 aromatic heterocycles. The lowest BCUT2D eigenvalue weighted by molar-refractivity contribution is 0.0188. The summed E-state index contributed by atoms with van der Waals surface area (Å²) >= 11 is 0. The van der Waals surface area contributed by atoms with Crippen LogP contribution in [0.1, 0.15) is 33.6 Å². The summed E-state index contributed by atoms with van der Waals surface area (Å²) in [6, 6.07) is 7.42. The Kier molecular flexibility index (Phi) is 5.15. The third-order valence-corrected chi connectivity index (χ3v) is 4.52. The lowest BCUT2D eigenvalue weighted by Gasteiger charge is -2.33. The molecule has 1 aromatic carbocycles. The fourth-order valence-corrected chi connectivity index (χ4v) is 3.14. The number of hydrogen-bond donors (Lipinski definition) is 2. The lowest BCUT2D eigenvalue weighted by atomic mass is 9.97. The molecule has 1 saturated heterocycles. The summed E-state index contributed by atoms with van der Waals surface area (Å²) in [6.45, 7) is 7.78. The Morgan fingerprint density at radius 2 is 1.92 bits per heavy atom. The topological polar surface area (TPSA) is 87.3 Å². The van der Waals surface area contributed by atoms with Gasteiger partial charge >= 0.3 is 6.09 Å². The number of piperidine rings is 1. The van der Waals surface area contributed by atoms with Crippen LogP contribution in [0.15, 0.2) is 29.1 Å². The molecular formula is C19H26N4O3. The van der Waals surface area contributed by atoms with Gasteiger partial charge in [-0.1, -0.05) is 18.2 Å². The van der Waals surface area contributed by atoms with Crippen LogP contribution >= 0.6 is 0 Å². The minimum atomic E-state index is -0.466. The molecule has 7 heteroatoms. The molecule has 26 heavy (non-hydrogen) atoms. The van der Waals surface area contributed by atoms with Crippen LogP contribution in [0.25, 0.3) is 10.8 Å². The van der Waals surface area contributed by atoms with Gasteiger partial charge in [-0.05, 0) is 45.6 Å². The first kappa shape index (κ1) is 18.2. The maximum atomic E-state index is 12.1. The van der Waals surface area contributed by atoms with Gasteiger partial charge in [-0.15, -0.1) is 0 Å². The Labute approximate surface area is 152 Å². The summed E-state index contributed by atoms with van der Waals surface area (Å²) in [7, 11) is 0. The molecule has 0 saturated carbocycles. The van der Waals surface area contributed by atoms with Crippen LogP contribution in [0, 0.1) is 5.92 Å². The number of aromatic amines is 1. The van der Waals surface area contributed by atoms with E-state index in [1.165, 1.54) is 0 Å². The Hall–Kier alpha value is -2.57. The van der Waals surface area contributed by atoms with Crippen molar-refractivity contribution in [3.05, 3.63) is 34.6 Å². The zero-order valence-electron chi connectivity index (χ0n) is 15.5. The monoisotopic (exact) mass is 358 g/mol. The highest BCUT2D eigenvalue weighted by molar-refractivity contribution is 5.90. The maximum absolute atomic E-state index is 12.1. The SMILES string of the molecule is CC(C)(C)OC(=O)N1CCC(CNc2n[nH]c(=O)c3ccccc23)CC1. The Morgan fingerprint density at radius 1 is 1.27 bits per heavy atom. The van der Waals surface area contributed by atoms with E-state index in [-0.39, 0.29) is 11.7 Å². The average Bonchev–Trinajstić information content (AvgIpc) is 2.60. The van der Waals surface area contributed by atoms with Crippen molar-refractivity contribution in [1.29, 1.82) is 0 Å². The number of anilines is 1. The third kappa shape index (κ3) is 4.33. The van der Waals surface area contributed by atoms with E-state index in [0.29, 0.717) is 30.2 Å². The van der Waals surface area contributed by atoms with Gasteiger partial charge in [0.1, 0.15) is 5.60 Å². The number of nitrogens with zero attached hydrogens (tertiary/aromatic N) is 2. The average molecular weight is 358 g/mol. The van der Waals surface area contributed by atoms with Crippen LogP contribution in [-0.2, 0) is 4.74 Å². The molecule has 1 aliphatic rings. The molecule has 7 nitrogen and oxygen atoms in total. The molecule has 0 unspecified atom stereocenters. The van der Waals surface area contributed by atoms with Crippen molar-refractivity contribution in [3.63, 3.8) is 0 Å². The highest BCUT2D eigenvalue weighted by Crippen LogP contribution is 2.22. The molecule has 1 fully saturated rings. The molecule has 2 heterocycles.